The van der Waals surface area contributed by atoms with Crippen LogP contribution in [0.25, 0.3) is 0 Å². The second kappa shape index (κ2) is 4.67. The summed E-state index contributed by atoms with van der Waals surface area (Å²) in [6.07, 6.45) is 3.21. The molecule has 1 rings (SSSR count). The summed E-state index contributed by atoms with van der Waals surface area (Å²) >= 11 is 1.59. The molecule has 0 atom stereocenters. The fourth-order valence-corrected chi connectivity index (χ4v) is 1.32. The van der Waals surface area contributed by atoms with Gasteiger partial charge >= 0.3 is 5.69 Å². The summed E-state index contributed by atoms with van der Waals surface area (Å²) in [4.78, 5) is 24.3. The molecule has 0 aliphatic heterocycles. The van der Waals surface area contributed by atoms with E-state index in [1.165, 1.54) is 10.8 Å². The third kappa shape index (κ3) is 2.26. The van der Waals surface area contributed by atoms with Gasteiger partial charge in [-0.2, -0.15) is 17.0 Å². The number of H-pyrrole nitrogens is 1. The zero-order valence-corrected chi connectivity index (χ0v) is 8.43. The molecular formula is C8H9N3O2S. The van der Waals surface area contributed by atoms with Crippen LogP contribution in [0.5, 0.6) is 0 Å². The predicted octanol–water partition coefficient (Wildman–Crippen LogP) is -0.229. The van der Waals surface area contributed by atoms with Gasteiger partial charge in [0.15, 0.2) is 0 Å². The van der Waals surface area contributed by atoms with E-state index in [9.17, 15) is 9.59 Å². The van der Waals surface area contributed by atoms with Crippen LogP contribution < -0.4 is 11.2 Å². The molecule has 0 bridgehead atoms. The van der Waals surface area contributed by atoms with E-state index in [0.717, 1.165) is 5.75 Å². The molecular weight excluding hydrogens is 202 g/mol. The molecule has 0 saturated heterocycles. The molecule has 0 amide bonds. The van der Waals surface area contributed by atoms with Crippen molar-refractivity contribution in [2.45, 2.75) is 6.54 Å². The second-order valence-corrected chi connectivity index (χ2v) is 3.59. The van der Waals surface area contributed by atoms with Crippen LogP contribution in [0.2, 0.25) is 0 Å². The van der Waals surface area contributed by atoms with Crippen molar-refractivity contribution in [3.05, 3.63) is 32.6 Å². The van der Waals surface area contributed by atoms with E-state index >= 15 is 0 Å². The molecule has 1 heterocycles. The number of hydrogen-bond acceptors (Lipinski definition) is 4. The van der Waals surface area contributed by atoms with Crippen molar-refractivity contribution in [1.29, 1.82) is 5.26 Å². The Hall–Kier alpha value is -1.48. The second-order valence-electron chi connectivity index (χ2n) is 2.60. The van der Waals surface area contributed by atoms with Crippen LogP contribution in [0.3, 0.4) is 0 Å². The number of aromatic amines is 1. The van der Waals surface area contributed by atoms with Crippen LogP contribution in [-0.4, -0.2) is 21.6 Å². The molecule has 74 valence electrons. The lowest BCUT2D eigenvalue weighted by Crippen LogP contribution is -2.31. The summed E-state index contributed by atoms with van der Waals surface area (Å²) in [5.74, 6) is 0.761. The van der Waals surface area contributed by atoms with Gasteiger partial charge < -0.3 is 0 Å². The van der Waals surface area contributed by atoms with Gasteiger partial charge in [0.2, 0.25) is 0 Å². The summed E-state index contributed by atoms with van der Waals surface area (Å²) in [7, 11) is 0. The Morgan fingerprint density at radius 1 is 1.64 bits per heavy atom. The molecule has 1 N–H and O–H groups in total. The van der Waals surface area contributed by atoms with E-state index in [1.54, 1.807) is 17.8 Å². The molecule has 0 unspecified atom stereocenters. The zero-order valence-electron chi connectivity index (χ0n) is 7.61. The summed E-state index contributed by atoms with van der Waals surface area (Å²) in [6.45, 7) is 0.492. The van der Waals surface area contributed by atoms with E-state index in [2.05, 4.69) is 4.98 Å². The average Bonchev–Trinajstić information content (AvgIpc) is 2.17. The van der Waals surface area contributed by atoms with Crippen molar-refractivity contribution in [2.24, 2.45) is 0 Å². The van der Waals surface area contributed by atoms with E-state index in [-0.39, 0.29) is 5.56 Å². The first kappa shape index (κ1) is 10.6. The maximum absolute atomic E-state index is 11.2. The van der Waals surface area contributed by atoms with E-state index < -0.39 is 11.2 Å². The number of rotatable bonds is 3. The smallest absolute Gasteiger partial charge is 0.298 e. The summed E-state index contributed by atoms with van der Waals surface area (Å²) in [5, 5.41) is 8.57. The molecule has 0 spiro atoms. The molecule has 0 fully saturated rings. The van der Waals surface area contributed by atoms with E-state index in [0.29, 0.717) is 6.54 Å². The molecule has 5 nitrogen and oxygen atoms in total. The highest BCUT2D eigenvalue weighted by Crippen LogP contribution is 1.93. The Kier molecular flexibility index (Phi) is 3.54. The Balaban J connectivity index is 3.13. The number of aryl methyl sites for hydroxylation is 1. The Morgan fingerprint density at radius 2 is 2.36 bits per heavy atom. The predicted molar refractivity (Wildman–Crippen MR) is 54.4 cm³/mol. The Morgan fingerprint density at radius 3 is 2.93 bits per heavy atom. The lowest BCUT2D eigenvalue weighted by Gasteiger charge is -2.02. The zero-order chi connectivity index (χ0) is 10.6. The van der Waals surface area contributed by atoms with Crippen molar-refractivity contribution in [3.63, 3.8) is 0 Å². The topological polar surface area (TPSA) is 78.7 Å². The third-order valence-electron chi connectivity index (χ3n) is 1.67. The average molecular weight is 211 g/mol. The summed E-state index contributed by atoms with van der Waals surface area (Å²) in [6, 6.07) is 1.73. The molecule has 1 aromatic rings. The van der Waals surface area contributed by atoms with Gasteiger partial charge in [-0.25, -0.2) is 4.79 Å². The lowest BCUT2D eigenvalue weighted by molar-refractivity contribution is 0.698. The van der Waals surface area contributed by atoms with Crippen LogP contribution in [0, 0.1) is 11.3 Å². The number of nitriles is 1. The molecule has 0 aliphatic carbocycles. The minimum absolute atomic E-state index is 0.0364. The maximum Gasteiger partial charge on any atom is 0.328 e. The highest BCUT2D eigenvalue weighted by Gasteiger charge is 2.02. The number of aromatic nitrogens is 2. The van der Waals surface area contributed by atoms with Crippen molar-refractivity contribution >= 4 is 11.8 Å². The Bertz CT molecular complexity index is 469. The first-order valence-corrected chi connectivity index (χ1v) is 5.31. The standard InChI is InChI=1S/C8H9N3O2S/c1-14-3-2-11-5-6(4-9)7(12)10-8(11)13/h5H,2-3H2,1H3,(H,10,12,13). The monoisotopic (exact) mass is 211 g/mol. The van der Waals surface area contributed by atoms with Gasteiger partial charge in [0, 0.05) is 18.5 Å². The van der Waals surface area contributed by atoms with Crippen molar-refractivity contribution < 1.29 is 0 Å². The van der Waals surface area contributed by atoms with Crippen molar-refractivity contribution in [1.82, 2.24) is 9.55 Å². The summed E-state index contributed by atoms with van der Waals surface area (Å²) < 4.78 is 1.33. The molecule has 14 heavy (non-hydrogen) atoms. The molecule has 6 heteroatoms. The molecule has 1 aromatic heterocycles. The van der Waals surface area contributed by atoms with Gasteiger partial charge in [0.25, 0.3) is 5.56 Å². The first-order valence-electron chi connectivity index (χ1n) is 3.92. The first-order chi connectivity index (χ1) is 6.69. The fourth-order valence-electron chi connectivity index (χ4n) is 0.945. The fraction of sp³-hybridized carbons (Fsp3) is 0.375. The van der Waals surface area contributed by atoms with Crippen molar-refractivity contribution in [2.75, 3.05) is 12.0 Å². The minimum atomic E-state index is -0.627. The molecule has 0 saturated carbocycles. The quantitative estimate of drug-likeness (QED) is 0.749. The highest BCUT2D eigenvalue weighted by molar-refractivity contribution is 7.98. The van der Waals surface area contributed by atoms with E-state index in [4.69, 9.17) is 5.26 Å². The van der Waals surface area contributed by atoms with Crippen LogP contribution in [0.4, 0.5) is 0 Å². The SMILES string of the molecule is CSCCn1cc(C#N)c(=O)[nH]c1=O. The third-order valence-corrected chi connectivity index (χ3v) is 2.26. The molecule has 0 aliphatic rings. The van der Waals surface area contributed by atoms with Crippen LogP contribution in [-0.2, 0) is 6.54 Å². The number of nitrogens with zero attached hydrogens (tertiary/aromatic N) is 2. The maximum atomic E-state index is 11.2. The normalized spacial score (nSPS) is 9.71. The largest absolute Gasteiger partial charge is 0.328 e. The number of thioether (sulfide) groups is 1. The minimum Gasteiger partial charge on any atom is -0.298 e. The van der Waals surface area contributed by atoms with Gasteiger partial charge in [0.1, 0.15) is 11.6 Å². The molecule has 0 aromatic carbocycles. The number of hydrogen-bond donors (Lipinski definition) is 1. The number of nitrogens with one attached hydrogen (secondary N) is 1. The van der Waals surface area contributed by atoms with Crippen LogP contribution >= 0.6 is 11.8 Å². The highest BCUT2D eigenvalue weighted by atomic mass is 32.2. The van der Waals surface area contributed by atoms with Gasteiger partial charge in [0.05, 0.1) is 0 Å². The lowest BCUT2D eigenvalue weighted by atomic mass is 10.4. The van der Waals surface area contributed by atoms with Crippen LogP contribution in [0.15, 0.2) is 15.8 Å². The van der Waals surface area contributed by atoms with Gasteiger partial charge in [-0.05, 0) is 6.26 Å². The van der Waals surface area contributed by atoms with Gasteiger partial charge in [-0.1, -0.05) is 0 Å². The Labute approximate surface area is 84.4 Å². The van der Waals surface area contributed by atoms with Gasteiger partial charge in [-0.3, -0.25) is 14.3 Å². The summed E-state index contributed by atoms with van der Waals surface area (Å²) in [5.41, 5.74) is -1.13. The van der Waals surface area contributed by atoms with Crippen molar-refractivity contribution in [3.8, 4) is 6.07 Å². The molecule has 0 radical (unpaired) electrons. The van der Waals surface area contributed by atoms with E-state index in [1.807, 2.05) is 6.26 Å². The van der Waals surface area contributed by atoms with Gasteiger partial charge in [-0.15, -0.1) is 0 Å². The van der Waals surface area contributed by atoms with Crippen LogP contribution in [0.1, 0.15) is 5.56 Å².